The minimum absolute atomic E-state index is 0.0986. The number of aromatic nitrogens is 2. The highest BCUT2D eigenvalue weighted by atomic mass is 32.2. The van der Waals surface area contributed by atoms with Crippen LogP contribution in [0.5, 0.6) is 5.88 Å². The van der Waals surface area contributed by atoms with Crippen LogP contribution in [0.25, 0.3) is 11.8 Å². The molecule has 10 heteroatoms. The van der Waals surface area contributed by atoms with Crippen molar-refractivity contribution in [1.82, 2.24) is 9.78 Å². The molecule has 35 heavy (non-hydrogen) atoms. The van der Waals surface area contributed by atoms with Crippen LogP contribution in [0.2, 0.25) is 0 Å². The summed E-state index contributed by atoms with van der Waals surface area (Å²) in [6, 6.07) is 17.2. The smallest absolute Gasteiger partial charge is 0.337 e. The lowest BCUT2D eigenvalue weighted by molar-refractivity contribution is -0.129. The van der Waals surface area contributed by atoms with Crippen molar-refractivity contribution in [1.29, 1.82) is 0 Å². The standard InChI is InChI=1S/C25H15F5N2O2S/c1-14-23(35-24-21(29)19(27)18(26)20(28)22(24)30)25(32(31-14)16-10-6-3-7-11-16)34-17(33)13-12-15-8-4-2-5-9-15/h2-13H,1H3. The number of hydrogen-bond acceptors (Lipinski definition) is 4. The SMILES string of the molecule is Cc1nn(-c2ccccc2)c(OC(=O)C=Cc2ccccc2)c1Sc1c(F)c(F)c(F)c(F)c1F. The number of para-hydroxylation sites is 1. The van der Waals surface area contributed by atoms with E-state index in [4.69, 9.17) is 4.74 Å². The fraction of sp³-hybridized carbons (Fsp3) is 0.0400. The van der Waals surface area contributed by atoms with Gasteiger partial charge in [0.25, 0.3) is 0 Å². The van der Waals surface area contributed by atoms with Gasteiger partial charge in [0.2, 0.25) is 11.7 Å². The van der Waals surface area contributed by atoms with E-state index in [0.717, 1.165) is 6.08 Å². The Morgan fingerprint density at radius 1 is 0.829 bits per heavy atom. The van der Waals surface area contributed by atoms with Crippen LogP contribution in [0.1, 0.15) is 11.3 Å². The van der Waals surface area contributed by atoms with Crippen molar-refractivity contribution in [2.24, 2.45) is 0 Å². The number of benzene rings is 3. The summed E-state index contributed by atoms with van der Waals surface area (Å²) in [5.41, 5.74) is 1.29. The summed E-state index contributed by atoms with van der Waals surface area (Å²) in [5, 5.41) is 4.26. The van der Waals surface area contributed by atoms with Crippen molar-refractivity contribution in [3.05, 3.63) is 107 Å². The van der Waals surface area contributed by atoms with E-state index in [1.165, 1.54) is 17.7 Å². The summed E-state index contributed by atoms with van der Waals surface area (Å²) in [6.45, 7) is 1.45. The van der Waals surface area contributed by atoms with Crippen LogP contribution in [-0.2, 0) is 4.79 Å². The van der Waals surface area contributed by atoms with Gasteiger partial charge in [-0.05, 0) is 30.7 Å². The zero-order valence-corrected chi connectivity index (χ0v) is 18.8. The summed E-state index contributed by atoms with van der Waals surface area (Å²) in [7, 11) is 0. The van der Waals surface area contributed by atoms with Gasteiger partial charge in [0, 0.05) is 6.08 Å². The van der Waals surface area contributed by atoms with Gasteiger partial charge < -0.3 is 4.74 Å². The van der Waals surface area contributed by atoms with Crippen molar-refractivity contribution in [2.45, 2.75) is 16.7 Å². The number of halogens is 5. The Kier molecular flexibility index (Phi) is 7.02. The van der Waals surface area contributed by atoms with Crippen LogP contribution in [0, 0.1) is 36.0 Å². The molecule has 0 bridgehead atoms. The van der Waals surface area contributed by atoms with Crippen molar-refractivity contribution in [2.75, 3.05) is 0 Å². The predicted molar refractivity (Wildman–Crippen MR) is 120 cm³/mol. The molecule has 3 aromatic carbocycles. The van der Waals surface area contributed by atoms with Gasteiger partial charge in [-0.25, -0.2) is 26.7 Å². The van der Waals surface area contributed by atoms with Gasteiger partial charge in [-0.1, -0.05) is 60.3 Å². The molecule has 1 aromatic heterocycles. The third kappa shape index (κ3) is 4.97. The molecule has 0 aliphatic rings. The van der Waals surface area contributed by atoms with Gasteiger partial charge in [0.1, 0.15) is 0 Å². The van der Waals surface area contributed by atoms with E-state index < -0.39 is 40.0 Å². The molecule has 0 saturated carbocycles. The molecule has 0 radical (unpaired) electrons. The Balaban J connectivity index is 1.78. The highest BCUT2D eigenvalue weighted by Crippen LogP contribution is 2.42. The first-order valence-corrected chi connectivity index (χ1v) is 10.9. The summed E-state index contributed by atoms with van der Waals surface area (Å²) in [5.74, 6) is -11.5. The van der Waals surface area contributed by atoms with E-state index in [-0.39, 0.29) is 28.2 Å². The quantitative estimate of drug-likeness (QED) is 0.0974. The average Bonchev–Trinajstić information content (AvgIpc) is 3.18. The summed E-state index contributed by atoms with van der Waals surface area (Å²) in [4.78, 5) is 11.4. The van der Waals surface area contributed by atoms with E-state index in [0.29, 0.717) is 11.3 Å². The van der Waals surface area contributed by atoms with Crippen LogP contribution < -0.4 is 4.74 Å². The predicted octanol–water partition coefficient (Wildman–Crippen LogP) is 6.65. The van der Waals surface area contributed by atoms with Gasteiger partial charge in [-0.2, -0.15) is 9.78 Å². The Bertz CT molecular complexity index is 1390. The number of nitrogens with zero attached hydrogens (tertiary/aromatic N) is 2. The second kappa shape index (κ2) is 10.1. The maximum atomic E-state index is 14.4. The zero-order valence-electron chi connectivity index (χ0n) is 17.9. The van der Waals surface area contributed by atoms with Gasteiger partial charge >= 0.3 is 5.97 Å². The number of carbonyl (C=O) groups is 1. The van der Waals surface area contributed by atoms with E-state index >= 15 is 0 Å². The Morgan fingerprint density at radius 2 is 1.37 bits per heavy atom. The molecule has 0 unspecified atom stereocenters. The van der Waals surface area contributed by atoms with E-state index in [1.54, 1.807) is 60.7 Å². The van der Waals surface area contributed by atoms with Crippen molar-refractivity contribution < 1.29 is 31.5 Å². The monoisotopic (exact) mass is 502 g/mol. The molecule has 4 nitrogen and oxygen atoms in total. The molecule has 0 spiro atoms. The van der Waals surface area contributed by atoms with Crippen LogP contribution in [0.15, 0.2) is 76.5 Å². The van der Waals surface area contributed by atoms with E-state index in [1.807, 2.05) is 0 Å². The first-order chi connectivity index (χ1) is 16.8. The molecule has 1 heterocycles. The zero-order chi connectivity index (χ0) is 25.1. The molecule has 0 atom stereocenters. The summed E-state index contributed by atoms with van der Waals surface area (Å²) < 4.78 is 76.4. The lowest BCUT2D eigenvalue weighted by atomic mass is 10.2. The molecule has 0 amide bonds. The number of hydrogen-bond donors (Lipinski definition) is 0. The number of carbonyl (C=O) groups excluding carboxylic acids is 1. The molecule has 0 N–H and O–H groups in total. The van der Waals surface area contributed by atoms with Crippen molar-refractivity contribution in [3.63, 3.8) is 0 Å². The van der Waals surface area contributed by atoms with E-state index in [9.17, 15) is 26.7 Å². The normalized spacial score (nSPS) is 11.3. The minimum Gasteiger partial charge on any atom is -0.403 e. The van der Waals surface area contributed by atoms with Gasteiger partial charge in [0.05, 0.1) is 21.2 Å². The molecule has 4 aromatic rings. The molecular weight excluding hydrogens is 487 g/mol. The fourth-order valence-electron chi connectivity index (χ4n) is 3.08. The lowest BCUT2D eigenvalue weighted by Crippen LogP contribution is -2.09. The van der Waals surface area contributed by atoms with Gasteiger partial charge in [0.15, 0.2) is 23.3 Å². The summed E-state index contributed by atoms with van der Waals surface area (Å²) >= 11 is 0.222. The fourth-order valence-corrected chi connectivity index (χ4v) is 4.04. The summed E-state index contributed by atoms with van der Waals surface area (Å²) in [6.07, 6.45) is 2.63. The maximum absolute atomic E-state index is 14.4. The highest BCUT2D eigenvalue weighted by molar-refractivity contribution is 7.99. The van der Waals surface area contributed by atoms with Crippen molar-refractivity contribution >= 4 is 23.8 Å². The molecule has 0 aliphatic carbocycles. The van der Waals surface area contributed by atoms with Crippen molar-refractivity contribution in [3.8, 4) is 11.6 Å². The minimum atomic E-state index is -2.27. The molecule has 0 saturated heterocycles. The number of rotatable bonds is 6. The van der Waals surface area contributed by atoms with Gasteiger partial charge in [-0.3, -0.25) is 0 Å². The van der Waals surface area contributed by atoms with Crippen LogP contribution in [-0.4, -0.2) is 15.7 Å². The third-order valence-corrected chi connectivity index (χ3v) is 5.99. The second-order valence-corrected chi connectivity index (χ2v) is 8.15. The first-order valence-electron chi connectivity index (χ1n) is 10.1. The first kappa shape index (κ1) is 24.2. The average molecular weight is 502 g/mol. The molecular formula is C25H15F5N2O2S. The Morgan fingerprint density at radius 3 is 1.97 bits per heavy atom. The highest BCUT2D eigenvalue weighted by Gasteiger charge is 2.29. The topological polar surface area (TPSA) is 44.1 Å². The molecule has 4 rings (SSSR count). The molecule has 0 fully saturated rings. The van der Waals surface area contributed by atoms with E-state index in [2.05, 4.69) is 5.10 Å². The number of aryl methyl sites for hydroxylation is 1. The molecule has 0 aliphatic heterocycles. The number of ether oxygens (including phenoxy) is 1. The van der Waals surface area contributed by atoms with Crippen LogP contribution >= 0.6 is 11.8 Å². The Hall–Kier alpha value is -3.92. The largest absolute Gasteiger partial charge is 0.403 e. The number of esters is 1. The lowest BCUT2D eigenvalue weighted by Gasteiger charge is -2.10. The van der Waals surface area contributed by atoms with Crippen LogP contribution in [0.3, 0.4) is 0 Å². The second-order valence-electron chi connectivity index (χ2n) is 7.13. The third-order valence-electron chi connectivity index (χ3n) is 4.75. The van der Waals surface area contributed by atoms with Crippen LogP contribution in [0.4, 0.5) is 22.0 Å². The maximum Gasteiger partial charge on any atom is 0.337 e. The van der Waals surface area contributed by atoms with Gasteiger partial charge in [-0.15, -0.1) is 0 Å². The Labute approximate surface area is 200 Å². The molecule has 178 valence electrons.